The molecule has 0 bridgehead atoms. The summed E-state index contributed by atoms with van der Waals surface area (Å²) in [6.07, 6.45) is -9.62. The monoisotopic (exact) mass is 524 g/mol. The Morgan fingerprint density at radius 2 is 1.62 bits per heavy atom. The Labute approximate surface area is 213 Å². The summed E-state index contributed by atoms with van der Waals surface area (Å²) in [6, 6.07) is 4.28. The van der Waals surface area contributed by atoms with Gasteiger partial charge in [-0.2, -0.15) is 0 Å². The Hall–Kier alpha value is -3.26. The number of hydrogen-bond acceptors (Lipinski definition) is 10. The number of aliphatic carboxylic acids is 1. The number of amides is 2. The fourth-order valence-electron chi connectivity index (χ4n) is 4.03. The summed E-state index contributed by atoms with van der Waals surface area (Å²) in [7, 11) is 0. The lowest BCUT2D eigenvalue weighted by Crippen LogP contribution is -2.61. The number of benzene rings is 1. The molecule has 4 N–H and O–H groups in total. The van der Waals surface area contributed by atoms with Crippen molar-refractivity contribution in [2.75, 3.05) is 26.2 Å². The number of nitrogens with zero attached hydrogens (tertiary/aromatic N) is 2. The Morgan fingerprint density at radius 1 is 1.00 bits per heavy atom. The molecule has 2 aliphatic rings. The van der Waals surface area contributed by atoms with Crippen LogP contribution < -0.4 is 4.74 Å². The van der Waals surface area contributed by atoms with Gasteiger partial charge >= 0.3 is 12.1 Å². The van der Waals surface area contributed by atoms with Crippen molar-refractivity contribution in [2.24, 2.45) is 5.92 Å². The first-order chi connectivity index (χ1) is 17.4. The van der Waals surface area contributed by atoms with Gasteiger partial charge in [-0.1, -0.05) is 19.9 Å². The first-order valence-electron chi connectivity index (χ1n) is 11.8. The Morgan fingerprint density at radius 3 is 2.19 bits per heavy atom. The van der Waals surface area contributed by atoms with Crippen LogP contribution in [0.4, 0.5) is 4.79 Å². The average molecular weight is 525 g/mol. The van der Waals surface area contributed by atoms with Gasteiger partial charge in [0.15, 0.2) is 11.9 Å². The van der Waals surface area contributed by atoms with Gasteiger partial charge < -0.3 is 44.4 Å². The number of carbonyl (C=O) groups is 4. The maximum Gasteiger partial charge on any atom is 0.410 e. The van der Waals surface area contributed by atoms with E-state index in [1.807, 2.05) is 13.8 Å². The summed E-state index contributed by atoms with van der Waals surface area (Å²) in [4.78, 5) is 51.3. The van der Waals surface area contributed by atoms with E-state index >= 15 is 0 Å². The molecule has 2 aliphatic heterocycles. The number of hydrogen-bond donors (Lipinski definition) is 4. The molecule has 2 amide bonds. The standard InChI is InChI=1S/C24H32N2O11/c1-12(2)21(31)25-6-8-26(9-7-25)24(34)35-11-14-4-5-16(15(10-14)13(3)27)36-23-19(30)17(28)18(29)20(37-23)22(32)33/h4-5,10,12,17-20,23,28-30H,6-9,11H2,1-3H3,(H,32,33)/t17-,18-,19+,20-,23+/m0/s1. The van der Waals surface area contributed by atoms with E-state index in [0.717, 1.165) is 0 Å². The van der Waals surface area contributed by atoms with E-state index in [4.69, 9.17) is 14.2 Å². The molecular weight excluding hydrogens is 492 g/mol. The number of aliphatic hydroxyl groups is 3. The van der Waals surface area contributed by atoms with Crippen LogP contribution in [0.25, 0.3) is 0 Å². The first kappa shape index (κ1) is 28.3. The highest BCUT2D eigenvalue weighted by Crippen LogP contribution is 2.28. The zero-order valence-electron chi connectivity index (χ0n) is 20.8. The number of ether oxygens (including phenoxy) is 3. The second kappa shape index (κ2) is 11.9. The van der Waals surface area contributed by atoms with Crippen LogP contribution in [-0.2, 0) is 25.7 Å². The van der Waals surface area contributed by atoms with Crippen molar-refractivity contribution in [3.63, 3.8) is 0 Å². The fourth-order valence-corrected chi connectivity index (χ4v) is 4.03. The van der Waals surface area contributed by atoms with Crippen molar-refractivity contribution in [1.29, 1.82) is 0 Å². The van der Waals surface area contributed by atoms with Gasteiger partial charge in [0.1, 0.15) is 30.7 Å². The quantitative estimate of drug-likeness (QED) is 0.340. The molecule has 13 heteroatoms. The predicted molar refractivity (Wildman–Crippen MR) is 125 cm³/mol. The van der Waals surface area contributed by atoms with E-state index in [9.17, 15) is 39.6 Å². The normalized spacial score (nSPS) is 26.1. The number of Topliss-reactive ketones (excluding diaryl/α,β-unsaturated/α-hetero) is 1. The maximum atomic E-state index is 12.5. The summed E-state index contributed by atoms with van der Waals surface area (Å²) in [6.45, 7) is 6.24. The summed E-state index contributed by atoms with van der Waals surface area (Å²) >= 11 is 0. The van der Waals surface area contributed by atoms with Crippen molar-refractivity contribution in [2.45, 2.75) is 58.1 Å². The van der Waals surface area contributed by atoms with E-state index in [-0.39, 0.29) is 29.7 Å². The molecule has 2 fully saturated rings. The highest BCUT2D eigenvalue weighted by Gasteiger charge is 2.48. The van der Waals surface area contributed by atoms with Gasteiger partial charge in [-0.25, -0.2) is 9.59 Å². The Kier molecular flexibility index (Phi) is 9.07. The maximum absolute atomic E-state index is 12.5. The summed E-state index contributed by atoms with van der Waals surface area (Å²) in [5, 5.41) is 39.1. The number of carboxylic acids is 1. The molecule has 0 unspecified atom stereocenters. The summed E-state index contributed by atoms with van der Waals surface area (Å²) in [5.41, 5.74) is 0.501. The minimum absolute atomic E-state index is 0.0300. The van der Waals surface area contributed by atoms with E-state index in [0.29, 0.717) is 31.7 Å². The molecule has 0 aliphatic carbocycles. The Bertz CT molecular complexity index is 1020. The molecule has 37 heavy (non-hydrogen) atoms. The molecule has 1 aromatic rings. The average Bonchev–Trinajstić information content (AvgIpc) is 2.87. The minimum atomic E-state index is -1.88. The lowest BCUT2D eigenvalue weighted by molar-refractivity contribution is -0.271. The van der Waals surface area contributed by atoms with Crippen LogP contribution in [0.3, 0.4) is 0 Å². The highest BCUT2D eigenvalue weighted by molar-refractivity contribution is 5.97. The molecule has 0 radical (unpaired) electrons. The third kappa shape index (κ3) is 6.55. The van der Waals surface area contributed by atoms with Gasteiger partial charge in [-0.3, -0.25) is 9.59 Å². The molecular formula is C24H32N2O11. The molecule has 0 aromatic heterocycles. The van der Waals surface area contributed by atoms with Gasteiger partial charge in [-0.15, -0.1) is 0 Å². The van der Waals surface area contributed by atoms with Crippen LogP contribution in [0, 0.1) is 5.92 Å². The van der Waals surface area contributed by atoms with E-state index in [1.54, 1.807) is 4.90 Å². The smallest absolute Gasteiger partial charge is 0.410 e. The number of carboxylic acid groups (broad SMARTS) is 1. The van der Waals surface area contributed by atoms with Gasteiger partial charge in [0.2, 0.25) is 12.2 Å². The van der Waals surface area contributed by atoms with Crippen LogP contribution in [0.1, 0.15) is 36.7 Å². The number of carbonyl (C=O) groups excluding carboxylic acids is 3. The lowest BCUT2D eigenvalue weighted by atomic mass is 9.99. The number of aliphatic hydroxyl groups excluding tert-OH is 3. The van der Waals surface area contributed by atoms with Gasteiger partial charge in [0.05, 0.1) is 5.56 Å². The number of piperazine rings is 1. The van der Waals surface area contributed by atoms with Crippen molar-refractivity contribution in [3.8, 4) is 5.75 Å². The van der Waals surface area contributed by atoms with Crippen molar-refractivity contribution >= 4 is 23.8 Å². The fraction of sp³-hybridized carbons (Fsp3) is 0.583. The molecule has 0 spiro atoms. The Balaban J connectivity index is 1.63. The van der Waals surface area contributed by atoms with E-state index < -0.39 is 48.6 Å². The second-order valence-electron chi connectivity index (χ2n) is 9.26. The largest absolute Gasteiger partial charge is 0.479 e. The molecule has 0 saturated carbocycles. The molecule has 3 rings (SSSR count). The third-order valence-corrected chi connectivity index (χ3v) is 6.19. The predicted octanol–water partition coefficient (Wildman–Crippen LogP) is -0.403. The number of rotatable bonds is 7. The van der Waals surface area contributed by atoms with Gasteiger partial charge in [-0.05, 0) is 24.6 Å². The lowest BCUT2D eigenvalue weighted by Gasteiger charge is -2.38. The molecule has 2 saturated heterocycles. The van der Waals surface area contributed by atoms with Gasteiger partial charge in [0, 0.05) is 32.1 Å². The van der Waals surface area contributed by atoms with Crippen LogP contribution in [0.2, 0.25) is 0 Å². The highest BCUT2D eigenvalue weighted by atomic mass is 16.7. The van der Waals surface area contributed by atoms with Crippen LogP contribution in [0.15, 0.2) is 18.2 Å². The topological polar surface area (TPSA) is 183 Å². The molecule has 1 aromatic carbocycles. The molecule has 204 valence electrons. The van der Waals surface area contributed by atoms with Gasteiger partial charge in [0.25, 0.3) is 0 Å². The van der Waals surface area contributed by atoms with E-state index in [2.05, 4.69) is 0 Å². The van der Waals surface area contributed by atoms with Crippen LogP contribution >= 0.6 is 0 Å². The second-order valence-corrected chi connectivity index (χ2v) is 9.26. The third-order valence-electron chi connectivity index (χ3n) is 6.19. The molecule has 13 nitrogen and oxygen atoms in total. The van der Waals surface area contributed by atoms with Crippen molar-refractivity contribution < 1.29 is 53.8 Å². The SMILES string of the molecule is CC(=O)c1cc(COC(=O)N2CCN(C(=O)C(C)C)CC2)ccc1O[C@@H]1O[C@H](C(=O)O)[C@@H](O)[C@H](O)[C@H]1O. The number of ketones is 1. The minimum Gasteiger partial charge on any atom is -0.479 e. The first-order valence-corrected chi connectivity index (χ1v) is 11.8. The zero-order chi connectivity index (χ0) is 27.4. The van der Waals surface area contributed by atoms with Crippen LogP contribution in [0.5, 0.6) is 5.75 Å². The summed E-state index contributed by atoms with van der Waals surface area (Å²) < 4.78 is 16.0. The molecule has 5 atom stereocenters. The molecule has 2 heterocycles. The zero-order valence-corrected chi connectivity index (χ0v) is 20.8. The van der Waals surface area contributed by atoms with Crippen molar-refractivity contribution in [3.05, 3.63) is 29.3 Å². The van der Waals surface area contributed by atoms with Crippen molar-refractivity contribution in [1.82, 2.24) is 9.80 Å². The summed E-state index contributed by atoms with van der Waals surface area (Å²) in [5.74, 6) is -2.16. The van der Waals surface area contributed by atoms with Crippen LogP contribution in [-0.4, -0.2) is 111 Å². The van der Waals surface area contributed by atoms with E-state index in [1.165, 1.54) is 30.0 Å².